The van der Waals surface area contributed by atoms with E-state index in [1.54, 1.807) is 19.3 Å². The zero-order valence-corrected chi connectivity index (χ0v) is 7.58. The molecule has 0 atom stereocenters. The van der Waals surface area contributed by atoms with Gasteiger partial charge in [0.15, 0.2) is 0 Å². The quantitative estimate of drug-likeness (QED) is 0.747. The molecule has 0 aliphatic carbocycles. The van der Waals surface area contributed by atoms with Gasteiger partial charge in [0, 0.05) is 18.9 Å². The summed E-state index contributed by atoms with van der Waals surface area (Å²) in [7, 11) is 1.61. The third-order valence-electron chi connectivity index (χ3n) is 1.70. The fourth-order valence-electron chi connectivity index (χ4n) is 0.914. The van der Waals surface area contributed by atoms with Gasteiger partial charge in [-0.05, 0) is 11.6 Å². The van der Waals surface area contributed by atoms with Crippen molar-refractivity contribution in [2.24, 2.45) is 0 Å². The van der Waals surface area contributed by atoms with Crippen molar-refractivity contribution in [3.8, 4) is 0 Å². The summed E-state index contributed by atoms with van der Waals surface area (Å²) in [5.74, 6) is -0.0288. The highest BCUT2D eigenvalue weighted by Gasteiger charge is 2.00. The maximum Gasteiger partial charge on any atom is 0.225 e. The second kappa shape index (κ2) is 4.40. The lowest BCUT2D eigenvalue weighted by Gasteiger charge is -1.99. The molecule has 1 rings (SSSR count). The van der Waals surface area contributed by atoms with Gasteiger partial charge < -0.3 is 5.32 Å². The maximum atomic E-state index is 11.0. The van der Waals surface area contributed by atoms with Crippen LogP contribution in [0.25, 0.3) is 6.08 Å². The number of likely N-dealkylation sites (N-methyl/N-ethyl adjacent to an activating group) is 1. The van der Waals surface area contributed by atoms with Crippen LogP contribution in [0.2, 0.25) is 0 Å². The lowest BCUT2D eigenvalue weighted by molar-refractivity contribution is -0.120. The van der Waals surface area contributed by atoms with Crippen LogP contribution >= 0.6 is 0 Å². The maximum absolute atomic E-state index is 11.0. The summed E-state index contributed by atoms with van der Waals surface area (Å²) in [6, 6.07) is 3.71. The van der Waals surface area contributed by atoms with Crippen molar-refractivity contribution in [3.63, 3.8) is 0 Å². The van der Waals surface area contributed by atoms with E-state index >= 15 is 0 Å². The Morgan fingerprint density at radius 2 is 2.46 bits per heavy atom. The number of carbonyl (C=O) groups is 1. The van der Waals surface area contributed by atoms with Crippen molar-refractivity contribution in [2.75, 3.05) is 7.05 Å². The molecule has 3 heteroatoms. The van der Waals surface area contributed by atoms with Gasteiger partial charge in [-0.3, -0.25) is 9.78 Å². The number of rotatable bonds is 3. The molecule has 0 spiro atoms. The first-order valence-electron chi connectivity index (χ1n) is 4.04. The van der Waals surface area contributed by atoms with Gasteiger partial charge in [-0.2, -0.15) is 0 Å². The molecular formula is C10H12N2O. The first-order chi connectivity index (χ1) is 6.26. The molecule has 0 bridgehead atoms. The van der Waals surface area contributed by atoms with Crippen LogP contribution in [-0.2, 0) is 11.2 Å². The summed E-state index contributed by atoms with van der Waals surface area (Å²) in [5.41, 5.74) is 1.73. The number of nitrogens with zero attached hydrogens (tertiary/aromatic N) is 1. The van der Waals surface area contributed by atoms with E-state index in [0.29, 0.717) is 6.42 Å². The lowest BCUT2D eigenvalue weighted by Crippen LogP contribution is -2.20. The summed E-state index contributed by atoms with van der Waals surface area (Å²) >= 11 is 0. The molecule has 3 nitrogen and oxygen atoms in total. The molecule has 0 radical (unpaired) electrons. The van der Waals surface area contributed by atoms with Crippen LogP contribution in [0.1, 0.15) is 11.3 Å². The van der Waals surface area contributed by atoms with Crippen LogP contribution < -0.4 is 5.32 Å². The van der Waals surface area contributed by atoms with Crippen LogP contribution in [0.15, 0.2) is 24.9 Å². The highest BCUT2D eigenvalue weighted by Crippen LogP contribution is 2.01. The standard InChI is InChI=1S/C10H12N2O/c1-3-8-4-5-9(12-7-8)6-10(13)11-2/h3-5,7H,1,6H2,2H3,(H,11,13). The molecule has 1 heterocycles. The highest BCUT2D eigenvalue weighted by atomic mass is 16.1. The van der Waals surface area contributed by atoms with Gasteiger partial charge in [0.2, 0.25) is 5.91 Å². The van der Waals surface area contributed by atoms with Crippen molar-refractivity contribution in [3.05, 3.63) is 36.2 Å². The van der Waals surface area contributed by atoms with E-state index in [9.17, 15) is 4.79 Å². The minimum atomic E-state index is -0.0288. The third kappa shape index (κ3) is 2.71. The van der Waals surface area contributed by atoms with Crippen LogP contribution in [0.4, 0.5) is 0 Å². The summed E-state index contributed by atoms with van der Waals surface area (Å²) in [6.45, 7) is 3.62. The molecule has 1 aromatic rings. The van der Waals surface area contributed by atoms with Gasteiger partial charge in [-0.1, -0.05) is 18.7 Å². The van der Waals surface area contributed by atoms with E-state index in [0.717, 1.165) is 11.3 Å². The fraction of sp³-hybridized carbons (Fsp3) is 0.200. The van der Waals surface area contributed by atoms with E-state index < -0.39 is 0 Å². The van der Waals surface area contributed by atoms with Crippen molar-refractivity contribution >= 4 is 12.0 Å². The van der Waals surface area contributed by atoms with Crippen molar-refractivity contribution in [1.82, 2.24) is 10.3 Å². The van der Waals surface area contributed by atoms with E-state index in [-0.39, 0.29) is 5.91 Å². The van der Waals surface area contributed by atoms with Crippen molar-refractivity contribution in [2.45, 2.75) is 6.42 Å². The molecule has 0 unspecified atom stereocenters. The van der Waals surface area contributed by atoms with Crippen LogP contribution in [0.5, 0.6) is 0 Å². The number of aromatic nitrogens is 1. The summed E-state index contributed by atoms with van der Waals surface area (Å²) in [5, 5.41) is 2.54. The fourth-order valence-corrected chi connectivity index (χ4v) is 0.914. The molecule has 0 aromatic carbocycles. The van der Waals surface area contributed by atoms with Gasteiger partial charge in [0.25, 0.3) is 0 Å². The average Bonchev–Trinajstić information content (AvgIpc) is 2.19. The normalized spacial score (nSPS) is 9.31. The van der Waals surface area contributed by atoms with Gasteiger partial charge in [-0.15, -0.1) is 0 Å². The zero-order valence-electron chi connectivity index (χ0n) is 7.58. The topological polar surface area (TPSA) is 42.0 Å². The van der Waals surface area contributed by atoms with Crippen molar-refractivity contribution in [1.29, 1.82) is 0 Å². The molecule has 1 aromatic heterocycles. The van der Waals surface area contributed by atoms with Crippen LogP contribution in [-0.4, -0.2) is 17.9 Å². The number of amides is 1. The number of carbonyl (C=O) groups excluding carboxylic acids is 1. The molecule has 0 saturated heterocycles. The molecule has 1 amide bonds. The number of nitrogens with one attached hydrogen (secondary N) is 1. The molecule has 13 heavy (non-hydrogen) atoms. The zero-order chi connectivity index (χ0) is 9.68. The number of pyridine rings is 1. The predicted octanol–water partition coefficient (Wildman–Crippen LogP) is 1.01. The first-order valence-corrected chi connectivity index (χ1v) is 4.04. The highest BCUT2D eigenvalue weighted by molar-refractivity contribution is 5.77. The van der Waals surface area contributed by atoms with Gasteiger partial charge in [-0.25, -0.2) is 0 Å². The average molecular weight is 176 g/mol. The Bertz CT molecular complexity index is 303. The SMILES string of the molecule is C=Cc1ccc(CC(=O)NC)nc1. The Kier molecular flexibility index (Phi) is 3.20. The lowest BCUT2D eigenvalue weighted by atomic mass is 10.2. The van der Waals surface area contributed by atoms with E-state index in [1.165, 1.54) is 0 Å². The smallest absolute Gasteiger partial charge is 0.225 e. The van der Waals surface area contributed by atoms with E-state index in [1.807, 2.05) is 12.1 Å². The Balaban J connectivity index is 2.69. The molecule has 68 valence electrons. The Labute approximate surface area is 77.5 Å². The van der Waals surface area contributed by atoms with E-state index in [2.05, 4.69) is 16.9 Å². The summed E-state index contributed by atoms with van der Waals surface area (Å²) in [4.78, 5) is 15.1. The summed E-state index contributed by atoms with van der Waals surface area (Å²) in [6.07, 6.45) is 3.75. The monoisotopic (exact) mass is 176 g/mol. The van der Waals surface area contributed by atoms with Gasteiger partial charge >= 0.3 is 0 Å². The van der Waals surface area contributed by atoms with Gasteiger partial charge in [0.05, 0.1) is 6.42 Å². The molecule has 1 N–H and O–H groups in total. The van der Waals surface area contributed by atoms with Gasteiger partial charge in [0.1, 0.15) is 0 Å². The summed E-state index contributed by atoms with van der Waals surface area (Å²) < 4.78 is 0. The predicted molar refractivity (Wildman–Crippen MR) is 52.1 cm³/mol. The third-order valence-corrected chi connectivity index (χ3v) is 1.70. The molecule has 0 saturated carbocycles. The first kappa shape index (κ1) is 9.45. The second-order valence-electron chi connectivity index (χ2n) is 2.64. The van der Waals surface area contributed by atoms with Crippen LogP contribution in [0, 0.1) is 0 Å². The molecule has 0 aliphatic heterocycles. The number of hydrogen-bond acceptors (Lipinski definition) is 2. The van der Waals surface area contributed by atoms with Crippen molar-refractivity contribution < 1.29 is 4.79 Å². The minimum absolute atomic E-state index is 0.0288. The van der Waals surface area contributed by atoms with Crippen LogP contribution in [0.3, 0.4) is 0 Å². The largest absolute Gasteiger partial charge is 0.359 e. The Morgan fingerprint density at radius 3 is 2.92 bits per heavy atom. The number of hydrogen-bond donors (Lipinski definition) is 1. The molecular weight excluding hydrogens is 164 g/mol. The Hall–Kier alpha value is -1.64. The second-order valence-corrected chi connectivity index (χ2v) is 2.64. The molecule has 0 aliphatic rings. The molecule has 0 fully saturated rings. The van der Waals surface area contributed by atoms with E-state index in [4.69, 9.17) is 0 Å². The Morgan fingerprint density at radius 1 is 1.69 bits per heavy atom. The minimum Gasteiger partial charge on any atom is -0.359 e.